The highest BCUT2D eigenvalue weighted by Crippen LogP contribution is 2.20. The summed E-state index contributed by atoms with van der Waals surface area (Å²) >= 11 is 0. The van der Waals surface area contributed by atoms with Gasteiger partial charge in [-0.2, -0.15) is 0 Å². The Bertz CT molecular complexity index is 653. The second-order valence-electron chi connectivity index (χ2n) is 5.32. The Balaban J connectivity index is 2.04. The van der Waals surface area contributed by atoms with Gasteiger partial charge in [-0.1, -0.05) is 6.07 Å². The number of aryl methyl sites for hydroxylation is 2. The van der Waals surface area contributed by atoms with Crippen LogP contribution >= 0.6 is 0 Å². The maximum absolute atomic E-state index is 12.0. The fourth-order valence-electron chi connectivity index (χ4n) is 2.39. The van der Waals surface area contributed by atoms with Gasteiger partial charge >= 0.3 is 0 Å². The number of nitrogens with one attached hydrogen (secondary N) is 2. The molecule has 3 heteroatoms. The summed E-state index contributed by atoms with van der Waals surface area (Å²) in [7, 11) is 0. The Morgan fingerprint density at radius 3 is 2.78 bits per heavy atom. The molecule has 18 heavy (non-hydrogen) atoms. The van der Waals surface area contributed by atoms with E-state index < -0.39 is 0 Å². The van der Waals surface area contributed by atoms with Crippen LogP contribution in [0.5, 0.6) is 0 Å². The largest absolute Gasteiger partial charge is 0.322 e. The van der Waals surface area contributed by atoms with Crippen molar-refractivity contribution in [2.24, 2.45) is 0 Å². The minimum absolute atomic E-state index is 0.0284. The molecule has 0 radical (unpaired) electrons. The number of pyridine rings is 1. The molecule has 1 aromatic carbocycles. The summed E-state index contributed by atoms with van der Waals surface area (Å²) in [5, 5.41) is 4.54. The number of benzene rings is 1. The molecule has 1 saturated carbocycles. The fourth-order valence-corrected chi connectivity index (χ4v) is 2.39. The van der Waals surface area contributed by atoms with E-state index in [2.05, 4.69) is 23.3 Å². The maximum atomic E-state index is 12.0. The van der Waals surface area contributed by atoms with Crippen LogP contribution in [-0.2, 0) is 6.54 Å². The lowest BCUT2D eigenvalue weighted by molar-refractivity contribution is 0.683. The molecule has 94 valence electrons. The standard InChI is InChI=1S/C15H18N2O/c1-9-5-10(2)13-7-11(8-16-12-3-4-12)15(18)17-14(13)6-9/h5-7,12,16H,3-4,8H2,1-2H3,(H,17,18). The molecule has 1 heterocycles. The molecule has 0 amide bonds. The minimum atomic E-state index is 0.0284. The molecule has 3 nitrogen and oxygen atoms in total. The predicted molar refractivity (Wildman–Crippen MR) is 73.9 cm³/mol. The molecule has 2 aromatic rings. The molecule has 1 aliphatic rings. The lowest BCUT2D eigenvalue weighted by atomic mass is 10.0. The SMILES string of the molecule is Cc1cc(C)c2cc(CNC3CC3)c(=O)[nH]c2c1. The van der Waals surface area contributed by atoms with Crippen molar-refractivity contribution in [2.75, 3.05) is 0 Å². The smallest absolute Gasteiger partial charge is 0.252 e. The van der Waals surface area contributed by atoms with E-state index in [4.69, 9.17) is 0 Å². The Labute approximate surface area is 106 Å². The zero-order valence-corrected chi connectivity index (χ0v) is 10.8. The van der Waals surface area contributed by atoms with E-state index in [9.17, 15) is 4.79 Å². The number of hydrogen-bond acceptors (Lipinski definition) is 2. The third-order valence-electron chi connectivity index (χ3n) is 3.55. The van der Waals surface area contributed by atoms with Crippen LogP contribution < -0.4 is 10.9 Å². The summed E-state index contributed by atoms with van der Waals surface area (Å²) < 4.78 is 0. The minimum Gasteiger partial charge on any atom is -0.322 e. The molecular formula is C15H18N2O. The second-order valence-corrected chi connectivity index (χ2v) is 5.32. The molecule has 0 unspecified atom stereocenters. The van der Waals surface area contributed by atoms with Crippen molar-refractivity contribution in [2.45, 2.75) is 39.3 Å². The molecule has 1 aliphatic carbocycles. The number of hydrogen-bond donors (Lipinski definition) is 2. The molecule has 2 N–H and O–H groups in total. The molecule has 0 saturated heterocycles. The zero-order valence-electron chi connectivity index (χ0n) is 10.8. The van der Waals surface area contributed by atoms with Gasteiger partial charge in [0.15, 0.2) is 0 Å². The fraction of sp³-hybridized carbons (Fsp3) is 0.400. The van der Waals surface area contributed by atoms with Gasteiger partial charge in [-0.25, -0.2) is 0 Å². The van der Waals surface area contributed by atoms with Crippen LogP contribution in [0.15, 0.2) is 23.0 Å². The predicted octanol–water partition coefficient (Wildman–Crippen LogP) is 2.40. The van der Waals surface area contributed by atoms with Gasteiger partial charge in [0.25, 0.3) is 5.56 Å². The first-order valence-electron chi connectivity index (χ1n) is 6.50. The highest BCUT2D eigenvalue weighted by molar-refractivity contribution is 5.83. The third-order valence-corrected chi connectivity index (χ3v) is 3.55. The molecule has 0 bridgehead atoms. The van der Waals surface area contributed by atoms with Crippen molar-refractivity contribution in [3.63, 3.8) is 0 Å². The first-order valence-corrected chi connectivity index (χ1v) is 6.50. The van der Waals surface area contributed by atoms with Crippen LogP contribution in [0.2, 0.25) is 0 Å². The molecular weight excluding hydrogens is 224 g/mol. The average Bonchev–Trinajstić information content (AvgIpc) is 3.10. The van der Waals surface area contributed by atoms with Gasteiger partial charge in [0.2, 0.25) is 0 Å². The van der Waals surface area contributed by atoms with Crippen LogP contribution in [0.25, 0.3) is 10.9 Å². The van der Waals surface area contributed by atoms with Crippen LogP contribution in [0.4, 0.5) is 0 Å². The summed E-state index contributed by atoms with van der Waals surface area (Å²) in [5.41, 5.74) is 4.20. The van der Waals surface area contributed by atoms with Crippen LogP contribution in [0.1, 0.15) is 29.5 Å². The van der Waals surface area contributed by atoms with Crippen molar-refractivity contribution in [1.29, 1.82) is 0 Å². The summed E-state index contributed by atoms with van der Waals surface area (Å²) in [6, 6.07) is 6.83. The Morgan fingerprint density at radius 2 is 2.06 bits per heavy atom. The second kappa shape index (κ2) is 4.25. The quantitative estimate of drug-likeness (QED) is 0.868. The Hall–Kier alpha value is -1.61. The molecule has 0 aliphatic heterocycles. The first-order chi connectivity index (χ1) is 8.63. The van der Waals surface area contributed by atoms with Gasteiger partial charge < -0.3 is 10.3 Å². The molecule has 1 aromatic heterocycles. The average molecular weight is 242 g/mol. The number of aromatic amines is 1. The highest BCUT2D eigenvalue weighted by Gasteiger charge is 2.20. The van der Waals surface area contributed by atoms with Gasteiger partial charge in [-0.05, 0) is 49.9 Å². The van der Waals surface area contributed by atoms with Crippen LogP contribution in [0.3, 0.4) is 0 Å². The van der Waals surface area contributed by atoms with E-state index >= 15 is 0 Å². The van der Waals surface area contributed by atoms with Gasteiger partial charge in [0.1, 0.15) is 0 Å². The van der Waals surface area contributed by atoms with E-state index in [-0.39, 0.29) is 5.56 Å². The number of fused-ring (bicyclic) bond motifs is 1. The molecule has 0 spiro atoms. The van der Waals surface area contributed by atoms with Crippen molar-refractivity contribution in [1.82, 2.24) is 10.3 Å². The van der Waals surface area contributed by atoms with Gasteiger partial charge in [-0.3, -0.25) is 4.79 Å². The van der Waals surface area contributed by atoms with Crippen molar-refractivity contribution >= 4 is 10.9 Å². The van der Waals surface area contributed by atoms with Crippen molar-refractivity contribution < 1.29 is 0 Å². The van der Waals surface area contributed by atoms with Crippen molar-refractivity contribution in [3.05, 3.63) is 45.2 Å². The van der Waals surface area contributed by atoms with Gasteiger partial charge in [-0.15, -0.1) is 0 Å². The van der Waals surface area contributed by atoms with E-state index in [1.54, 1.807) is 0 Å². The Morgan fingerprint density at radius 1 is 1.28 bits per heavy atom. The third kappa shape index (κ3) is 2.18. The summed E-state index contributed by atoms with van der Waals surface area (Å²) in [5.74, 6) is 0. The summed E-state index contributed by atoms with van der Waals surface area (Å²) in [6.07, 6.45) is 2.48. The molecule has 3 rings (SSSR count). The lowest BCUT2D eigenvalue weighted by Crippen LogP contribution is -2.22. The summed E-state index contributed by atoms with van der Waals surface area (Å²) in [4.78, 5) is 15.0. The highest BCUT2D eigenvalue weighted by atomic mass is 16.1. The van der Waals surface area contributed by atoms with E-state index in [1.807, 2.05) is 19.1 Å². The zero-order chi connectivity index (χ0) is 12.7. The summed E-state index contributed by atoms with van der Waals surface area (Å²) in [6.45, 7) is 4.81. The topological polar surface area (TPSA) is 44.9 Å². The normalized spacial score (nSPS) is 15.2. The van der Waals surface area contributed by atoms with E-state index in [1.165, 1.54) is 24.0 Å². The monoisotopic (exact) mass is 242 g/mol. The maximum Gasteiger partial charge on any atom is 0.252 e. The molecule has 0 atom stereocenters. The van der Waals surface area contributed by atoms with Gasteiger partial charge in [0, 0.05) is 29.1 Å². The van der Waals surface area contributed by atoms with Crippen LogP contribution in [-0.4, -0.2) is 11.0 Å². The first kappa shape index (κ1) is 11.5. The van der Waals surface area contributed by atoms with Crippen LogP contribution in [0, 0.1) is 13.8 Å². The Kier molecular flexibility index (Phi) is 2.71. The number of aromatic nitrogens is 1. The van der Waals surface area contributed by atoms with Crippen molar-refractivity contribution in [3.8, 4) is 0 Å². The number of rotatable bonds is 3. The lowest BCUT2D eigenvalue weighted by Gasteiger charge is -2.07. The van der Waals surface area contributed by atoms with Gasteiger partial charge in [0.05, 0.1) is 0 Å². The number of H-pyrrole nitrogens is 1. The molecule has 1 fully saturated rings. The van der Waals surface area contributed by atoms with E-state index in [0.29, 0.717) is 12.6 Å². The van der Waals surface area contributed by atoms with E-state index in [0.717, 1.165) is 16.5 Å².